The predicted molar refractivity (Wildman–Crippen MR) is 114 cm³/mol. The van der Waals surface area contributed by atoms with Crippen molar-refractivity contribution >= 4 is 28.2 Å². The molecule has 3 rings (SSSR count). The van der Waals surface area contributed by atoms with Crippen LogP contribution in [0.1, 0.15) is 34.3 Å². The number of amides is 1. The molecule has 0 saturated carbocycles. The third kappa shape index (κ3) is 6.06. The van der Waals surface area contributed by atoms with Crippen molar-refractivity contribution in [3.8, 4) is 0 Å². The molecule has 1 atom stereocenters. The molecule has 0 aliphatic carbocycles. The van der Waals surface area contributed by atoms with Gasteiger partial charge in [-0.05, 0) is 68.6 Å². The second kappa shape index (κ2) is 10.0. The normalized spacial score (nSPS) is 16.8. The molecule has 2 aromatic rings. The molecule has 152 valence electrons. The van der Waals surface area contributed by atoms with E-state index in [1.165, 1.54) is 0 Å². The largest absolute Gasteiger partial charge is 0.352 e. The summed E-state index contributed by atoms with van der Waals surface area (Å²) in [4.78, 5) is 12.6. The molecule has 1 amide bonds. The molecule has 7 heteroatoms. The van der Waals surface area contributed by atoms with Crippen LogP contribution in [0.15, 0.2) is 53.4 Å². The highest BCUT2D eigenvalue weighted by Crippen LogP contribution is 2.17. The number of hydrogen-bond donors (Lipinski definition) is 2. The van der Waals surface area contributed by atoms with Gasteiger partial charge in [0, 0.05) is 12.1 Å². The fourth-order valence-electron chi connectivity index (χ4n) is 3.24. The summed E-state index contributed by atoms with van der Waals surface area (Å²) in [7, 11) is -3.40. The monoisotopic (exact) mass is 422 g/mol. The van der Waals surface area contributed by atoms with Gasteiger partial charge < -0.3 is 10.6 Å². The lowest BCUT2D eigenvalue weighted by molar-refractivity contribution is 0.0945. The van der Waals surface area contributed by atoms with Gasteiger partial charge in [-0.25, -0.2) is 8.42 Å². The summed E-state index contributed by atoms with van der Waals surface area (Å²) in [5.74, 6) is 0.279. The van der Waals surface area contributed by atoms with Crippen LogP contribution in [0, 0.1) is 12.8 Å². The van der Waals surface area contributed by atoms with Gasteiger partial charge in [-0.2, -0.15) is 0 Å². The Bertz CT molecular complexity index is 875. The van der Waals surface area contributed by atoms with Crippen LogP contribution >= 0.6 is 12.4 Å². The Morgan fingerprint density at radius 1 is 1.11 bits per heavy atom. The molecule has 28 heavy (non-hydrogen) atoms. The average molecular weight is 423 g/mol. The van der Waals surface area contributed by atoms with Crippen molar-refractivity contribution in [2.45, 2.75) is 30.4 Å². The highest BCUT2D eigenvalue weighted by Gasteiger charge is 2.17. The second-order valence-electron chi connectivity index (χ2n) is 7.19. The minimum Gasteiger partial charge on any atom is -0.352 e. The maximum atomic E-state index is 12.5. The van der Waals surface area contributed by atoms with Crippen LogP contribution in [0.4, 0.5) is 0 Å². The van der Waals surface area contributed by atoms with E-state index in [9.17, 15) is 13.2 Å². The summed E-state index contributed by atoms with van der Waals surface area (Å²) in [6.07, 6.45) is 2.27. The summed E-state index contributed by atoms with van der Waals surface area (Å²) in [5.41, 5.74) is 2.24. The molecule has 1 aliphatic rings. The minimum absolute atomic E-state index is 0. The number of carbonyl (C=O) groups excluding carboxylic acids is 1. The molecule has 0 spiro atoms. The van der Waals surface area contributed by atoms with Gasteiger partial charge in [-0.3, -0.25) is 4.79 Å². The lowest BCUT2D eigenvalue weighted by atomic mass is 9.99. The van der Waals surface area contributed by atoms with Crippen molar-refractivity contribution in [1.82, 2.24) is 10.6 Å². The van der Waals surface area contributed by atoms with Crippen LogP contribution < -0.4 is 10.6 Å². The summed E-state index contributed by atoms with van der Waals surface area (Å²) < 4.78 is 25.0. The number of aryl methyl sites for hydroxylation is 1. The molecular weight excluding hydrogens is 396 g/mol. The van der Waals surface area contributed by atoms with Crippen LogP contribution in [0.25, 0.3) is 0 Å². The fraction of sp³-hybridized carbons (Fsp3) is 0.381. The predicted octanol–water partition coefficient (Wildman–Crippen LogP) is 3.12. The van der Waals surface area contributed by atoms with Crippen LogP contribution in [0.5, 0.6) is 0 Å². The van der Waals surface area contributed by atoms with Crippen molar-refractivity contribution in [2.75, 3.05) is 19.6 Å². The highest BCUT2D eigenvalue weighted by atomic mass is 35.5. The van der Waals surface area contributed by atoms with E-state index in [0.29, 0.717) is 28.5 Å². The lowest BCUT2D eigenvalue weighted by Gasteiger charge is -2.22. The highest BCUT2D eigenvalue weighted by molar-refractivity contribution is 7.90. The standard InChI is InChI=1S/C21H26N2O3S.ClH/c1-16-4-10-20(11-5-16)27(25,26)15-17-6-8-19(9-7-17)21(24)23-14-18-3-2-12-22-13-18;/h4-11,18,22H,2-3,12-15H2,1H3,(H,23,24);1H. The maximum Gasteiger partial charge on any atom is 0.251 e. The third-order valence-corrected chi connectivity index (χ3v) is 6.61. The molecule has 2 aromatic carbocycles. The first-order chi connectivity index (χ1) is 12.9. The zero-order valence-corrected chi connectivity index (χ0v) is 17.6. The molecule has 1 heterocycles. The molecular formula is C21H27ClN2O3S. The maximum absolute atomic E-state index is 12.5. The summed E-state index contributed by atoms with van der Waals surface area (Å²) in [6.45, 7) is 4.58. The van der Waals surface area contributed by atoms with E-state index in [2.05, 4.69) is 10.6 Å². The van der Waals surface area contributed by atoms with E-state index in [1.807, 2.05) is 6.92 Å². The first-order valence-electron chi connectivity index (χ1n) is 9.31. The van der Waals surface area contributed by atoms with Crippen molar-refractivity contribution in [3.63, 3.8) is 0 Å². The second-order valence-corrected chi connectivity index (χ2v) is 9.18. The zero-order valence-electron chi connectivity index (χ0n) is 16.0. The Morgan fingerprint density at radius 3 is 2.39 bits per heavy atom. The van der Waals surface area contributed by atoms with Crippen molar-refractivity contribution in [2.24, 2.45) is 5.92 Å². The first kappa shape index (κ1) is 22.4. The van der Waals surface area contributed by atoms with Gasteiger partial charge in [0.2, 0.25) is 0 Å². The van der Waals surface area contributed by atoms with Crippen molar-refractivity contribution in [3.05, 3.63) is 65.2 Å². The first-order valence-corrected chi connectivity index (χ1v) is 11.0. The van der Waals surface area contributed by atoms with Gasteiger partial charge >= 0.3 is 0 Å². The number of hydrogen-bond acceptors (Lipinski definition) is 4. The van der Waals surface area contributed by atoms with Crippen molar-refractivity contribution in [1.29, 1.82) is 0 Å². The number of sulfone groups is 1. The van der Waals surface area contributed by atoms with E-state index in [4.69, 9.17) is 0 Å². The van der Waals surface area contributed by atoms with Gasteiger partial charge in [0.05, 0.1) is 10.6 Å². The molecule has 0 bridgehead atoms. The number of halogens is 1. The topological polar surface area (TPSA) is 75.3 Å². The van der Waals surface area contributed by atoms with Gasteiger partial charge in [-0.15, -0.1) is 12.4 Å². The third-order valence-electron chi connectivity index (χ3n) is 4.90. The van der Waals surface area contributed by atoms with Gasteiger partial charge in [0.25, 0.3) is 5.91 Å². The zero-order chi connectivity index (χ0) is 19.3. The number of rotatable bonds is 6. The Balaban J connectivity index is 0.00000280. The number of nitrogens with one attached hydrogen (secondary N) is 2. The smallest absolute Gasteiger partial charge is 0.251 e. The Hall–Kier alpha value is -1.89. The van der Waals surface area contributed by atoms with E-state index in [1.54, 1.807) is 48.5 Å². The number of piperidine rings is 1. The molecule has 0 aromatic heterocycles. The van der Waals surface area contributed by atoms with Crippen LogP contribution in [-0.4, -0.2) is 34.0 Å². The van der Waals surface area contributed by atoms with Gasteiger partial charge in [0.15, 0.2) is 9.84 Å². The molecule has 0 radical (unpaired) electrons. The molecule has 1 saturated heterocycles. The van der Waals surface area contributed by atoms with Crippen LogP contribution in [0.2, 0.25) is 0 Å². The van der Waals surface area contributed by atoms with E-state index < -0.39 is 9.84 Å². The number of carbonyl (C=O) groups is 1. The molecule has 2 N–H and O–H groups in total. The Labute approximate surface area is 173 Å². The summed E-state index contributed by atoms with van der Waals surface area (Å²) >= 11 is 0. The van der Waals surface area contributed by atoms with E-state index in [0.717, 1.165) is 31.5 Å². The summed E-state index contributed by atoms with van der Waals surface area (Å²) in [6, 6.07) is 13.7. The molecule has 1 unspecified atom stereocenters. The van der Waals surface area contributed by atoms with Gasteiger partial charge in [0.1, 0.15) is 0 Å². The van der Waals surface area contributed by atoms with Gasteiger partial charge in [-0.1, -0.05) is 29.8 Å². The Kier molecular flexibility index (Phi) is 8.04. The quantitative estimate of drug-likeness (QED) is 0.749. The van der Waals surface area contributed by atoms with Crippen LogP contribution in [-0.2, 0) is 15.6 Å². The lowest BCUT2D eigenvalue weighted by Crippen LogP contribution is -2.38. The van der Waals surface area contributed by atoms with Crippen molar-refractivity contribution < 1.29 is 13.2 Å². The van der Waals surface area contributed by atoms with E-state index >= 15 is 0 Å². The number of benzene rings is 2. The fourth-order valence-corrected chi connectivity index (χ4v) is 4.59. The Morgan fingerprint density at radius 2 is 1.79 bits per heavy atom. The minimum atomic E-state index is -3.40. The summed E-state index contributed by atoms with van der Waals surface area (Å²) in [5, 5.41) is 6.31. The molecule has 1 fully saturated rings. The average Bonchev–Trinajstić information content (AvgIpc) is 2.67. The van der Waals surface area contributed by atoms with E-state index in [-0.39, 0.29) is 24.1 Å². The SMILES string of the molecule is Cc1ccc(S(=O)(=O)Cc2ccc(C(=O)NCC3CCCNC3)cc2)cc1.Cl. The molecule has 1 aliphatic heterocycles. The molecule has 5 nitrogen and oxygen atoms in total. The van der Waals surface area contributed by atoms with Crippen LogP contribution in [0.3, 0.4) is 0 Å².